The first-order valence-corrected chi connectivity index (χ1v) is 10.3. The van der Waals surface area contributed by atoms with Gasteiger partial charge in [0.2, 0.25) is 0 Å². The summed E-state index contributed by atoms with van der Waals surface area (Å²) in [5.74, 6) is 1.28. The zero-order valence-electron chi connectivity index (χ0n) is 16.7. The number of hydrogen-bond acceptors (Lipinski definition) is 5. The van der Waals surface area contributed by atoms with Gasteiger partial charge in [0.1, 0.15) is 13.2 Å². The van der Waals surface area contributed by atoms with Crippen LogP contribution in [0.5, 0.6) is 11.5 Å². The predicted octanol–water partition coefficient (Wildman–Crippen LogP) is 4.12. The monoisotopic (exact) mass is 409 g/mol. The molecule has 0 saturated carbocycles. The fourth-order valence-corrected chi connectivity index (χ4v) is 4.02. The van der Waals surface area contributed by atoms with Crippen LogP contribution in [-0.2, 0) is 18.4 Å². The van der Waals surface area contributed by atoms with Gasteiger partial charge in [0.15, 0.2) is 11.5 Å². The third-order valence-electron chi connectivity index (χ3n) is 4.96. The molecular weight excluding hydrogens is 386 g/mol. The number of anilines is 1. The van der Waals surface area contributed by atoms with Gasteiger partial charge in [0, 0.05) is 41.0 Å². The molecule has 3 heterocycles. The van der Waals surface area contributed by atoms with Crippen LogP contribution in [0, 0.1) is 13.8 Å². The van der Waals surface area contributed by atoms with E-state index >= 15 is 0 Å². The number of carbonyl (C=O) groups excluding carboxylic acids is 1. The number of fused-ring (bicyclic) bond motifs is 1. The molecule has 2 aromatic heterocycles. The molecule has 3 aromatic rings. The molecule has 0 N–H and O–H groups in total. The lowest BCUT2D eigenvalue weighted by molar-refractivity contribution is -0.114. The summed E-state index contributed by atoms with van der Waals surface area (Å²) >= 11 is 1.63. The molecule has 0 fully saturated rings. The van der Waals surface area contributed by atoms with Crippen LogP contribution in [-0.4, -0.2) is 28.9 Å². The van der Waals surface area contributed by atoms with Crippen molar-refractivity contribution in [3.63, 3.8) is 0 Å². The molecule has 6 nitrogen and oxygen atoms in total. The topological polar surface area (TPSA) is 56.6 Å². The highest BCUT2D eigenvalue weighted by Gasteiger charge is 2.19. The molecule has 29 heavy (non-hydrogen) atoms. The van der Waals surface area contributed by atoms with Gasteiger partial charge in [-0.25, -0.2) is 0 Å². The van der Waals surface area contributed by atoms with Gasteiger partial charge < -0.3 is 14.4 Å². The van der Waals surface area contributed by atoms with Crippen LogP contribution in [0.1, 0.15) is 21.8 Å². The van der Waals surface area contributed by atoms with Crippen LogP contribution in [0.3, 0.4) is 0 Å². The number of aryl methyl sites for hydroxylation is 2. The Balaban J connectivity index is 1.65. The molecule has 1 aromatic carbocycles. The Hall–Kier alpha value is -3.06. The Morgan fingerprint density at radius 2 is 2.03 bits per heavy atom. The van der Waals surface area contributed by atoms with Crippen LogP contribution in [0.2, 0.25) is 0 Å². The highest BCUT2D eigenvalue weighted by molar-refractivity contribution is 7.09. The Labute approximate surface area is 174 Å². The van der Waals surface area contributed by atoms with E-state index in [9.17, 15) is 4.79 Å². The van der Waals surface area contributed by atoms with E-state index in [0.717, 1.165) is 27.5 Å². The van der Waals surface area contributed by atoms with Gasteiger partial charge in [-0.05, 0) is 43.5 Å². The molecule has 1 amide bonds. The smallest absolute Gasteiger partial charge is 0.251 e. The van der Waals surface area contributed by atoms with E-state index in [1.54, 1.807) is 22.3 Å². The molecule has 1 aliphatic heterocycles. The molecule has 0 aliphatic carbocycles. The average Bonchev–Trinajstić information content (AvgIpc) is 3.32. The number of carbonyl (C=O) groups is 1. The van der Waals surface area contributed by atoms with Crippen molar-refractivity contribution in [2.75, 3.05) is 18.1 Å². The number of thiophene rings is 1. The van der Waals surface area contributed by atoms with Gasteiger partial charge in [0.05, 0.1) is 12.2 Å². The summed E-state index contributed by atoms with van der Waals surface area (Å²) in [5, 5.41) is 6.43. The van der Waals surface area contributed by atoms with E-state index in [0.29, 0.717) is 31.3 Å². The molecule has 4 rings (SSSR count). The Morgan fingerprint density at radius 3 is 2.72 bits per heavy atom. The second kappa shape index (κ2) is 8.13. The van der Waals surface area contributed by atoms with E-state index in [1.807, 2.05) is 67.4 Å². The molecule has 7 heteroatoms. The number of rotatable bonds is 5. The van der Waals surface area contributed by atoms with Crippen molar-refractivity contribution in [3.05, 3.63) is 63.6 Å². The van der Waals surface area contributed by atoms with Crippen LogP contribution in [0.4, 0.5) is 5.69 Å². The minimum Gasteiger partial charge on any atom is -0.486 e. The summed E-state index contributed by atoms with van der Waals surface area (Å²) in [4.78, 5) is 16.0. The highest BCUT2D eigenvalue weighted by Crippen LogP contribution is 2.35. The number of aromatic nitrogens is 2. The third-order valence-corrected chi connectivity index (χ3v) is 5.82. The fraction of sp³-hybridized carbons (Fsp3) is 0.273. The van der Waals surface area contributed by atoms with E-state index < -0.39 is 0 Å². The molecule has 0 unspecified atom stereocenters. The van der Waals surface area contributed by atoms with Crippen molar-refractivity contribution in [2.24, 2.45) is 7.05 Å². The summed E-state index contributed by atoms with van der Waals surface area (Å²) in [6.07, 6.45) is 3.46. The van der Waals surface area contributed by atoms with Crippen molar-refractivity contribution in [1.29, 1.82) is 0 Å². The summed E-state index contributed by atoms with van der Waals surface area (Å²) in [7, 11) is 1.90. The number of nitrogens with zero attached hydrogens (tertiary/aromatic N) is 3. The van der Waals surface area contributed by atoms with Gasteiger partial charge in [-0.1, -0.05) is 6.07 Å². The minimum absolute atomic E-state index is 0.0993. The van der Waals surface area contributed by atoms with Gasteiger partial charge in [-0.3, -0.25) is 9.48 Å². The lowest BCUT2D eigenvalue weighted by atomic mass is 10.1. The molecule has 0 radical (unpaired) electrons. The second-order valence-corrected chi connectivity index (χ2v) is 7.91. The maximum absolute atomic E-state index is 13.2. The number of hydrogen-bond donors (Lipinski definition) is 0. The lowest BCUT2D eigenvalue weighted by Crippen LogP contribution is -2.28. The lowest BCUT2D eigenvalue weighted by Gasteiger charge is -2.24. The van der Waals surface area contributed by atoms with Crippen molar-refractivity contribution in [3.8, 4) is 11.5 Å². The van der Waals surface area contributed by atoms with E-state index in [2.05, 4.69) is 5.10 Å². The molecule has 1 aliphatic rings. The third kappa shape index (κ3) is 4.05. The molecule has 0 bridgehead atoms. The highest BCUT2D eigenvalue weighted by atomic mass is 32.1. The second-order valence-electron chi connectivity index (χ2n) is 6.87. The van der Waals surface area contributed by atoms with Crippen molar-refractivity contribution in [2.45, 2.75) is 20.4 Å². The zero-order valence-corrected chi connectivity index (χ0v) is 17.5. The van der Waals surface area contributed by atoms with Crippen molar-refractivity contribution >= 4 is 29.0 Å². The molecule has 150 valence electrons. The molecule has 0 saturated heterocycles. The summed E-state index contributed by atoms with van der Waals surface area (Å²) < 4.78 is 13.1. The normalized spacial score (nSPS) is 13.1. The Bertz CT molecular complexity index is 1050. The molecule has 0 atom stereocenters. The van der Waals surface area contributed by atoms with E-state index in [4.69, 9.17) is 9.47 Å². The summed E-state index contributed by atoms with van der Waals surface area (Å²) in [5.41, 5.74) is 3.67. The van der Waals surface area contributed by atoms with Crippen LogP contribution in [0.25, 0.3) is 6.08 Å². The van der Waals surface area contributed by atoms with E-state index in [-0.39, 0.29) is 5.91 Å². The summed E-state index contributed by atoms with van der Waals surface area (Å²) in [6.45, 7) is 5.48. The van der Waals surface area contributed by atoms with Crippen LogP contribution < -0.4 is 14.4 Å². The Kier molecular flexibility index (Phi) is 5.40. The van der Waals surface area contributed by atoms with Gasteiger partial charge in [-0.2, -0.15) is 5.10 Å². The standard InChI is InChI=1S/C22H23N3O3S/c1-15-19(16(2)24(3)23-15)7-9-22(26)25(14-18-5-4-12-29-18)17-6-8-20-21(13-17)28-11-10-27-20/h4-9,12-13H,10-11,14H2,1-3H3/b9-7+. The van der Waals surface area contributed by atoms with Crippen molar-refractivity contribution in [1.82, 2.24) is 9.78 Å². The molecular formula is C22H23N3O3S. The quantitative estimate of drug-likeness (QED) is 0.595. The predicted molar refractivity (Wildman–Crippen MR) is 115 cm³/mol. The van der Waals surface area contributed by atoms with Crippen LogP contribution >= 0.6 is 11.3 Å². The van der Waals surface area contributed by atoms with E-state index in [1.165, 1.54) is 0 Å². The minimum atomic E-state index is -0.0993. The largest absolute Gasteiger partial charge is 0.486 e. The maximum atomic E-state index is 13.2. The number of benzene rings is 1. The number of amides is 1. The SMILES string of the molecule is Cc1nn(C)c(C)c1/C=C/C(=O)N(Cc1cccs1)c1ccc2c(c1)OCCO2. The number of ether oxygens (including phenoxy) is 2. The first kappa shape index (κ1) is 19.3. The fourth-order valence-electron chi connectivity index (χ4n) is 3.33. The zero-order chi connectivity index (χ0) is 20.4. The summed E-state index contributed by atoms with van der Waals surface area (Å²) in [6, 6.07) is 9.65. The first-order valence-electron chi connectivity index (χ1n) is 9.45. The van der Waals surface area contributed by atoms with Gasteiger partial charge >= 0.3 is 0 Å². The maximum Gasteiger partial charge on any atom is 0.251 e. The first-order chi connectivity index (χ1) is 14.0. The van der Waals surface area contributed by atoms with Gasteiger partial charge in [-0.15, -0.1) is 11.3 Å². The van der Waals surface area contributed by atoms with Gasteiger partial charge in [0.25, 0.3) is 5.91 Å². The van der Waals surface area contributed by atoms with Crippen molar-refractivity contribution < 1.29 is 14.3 Å². The Morgan fingerprint density at radius 1 is 1.24 bits per heavy atom. The van der Waals surface area contributed by atoms with Crippen LogP contribution in [0.15, 0.2) is 41.8 Å². The average molecular weight is 410 g/mol. The molecule has 0 spiro atoms.